The Balaban J connectivity index is 2.04. The van der Waals surface area contributed by atoms with E-state index >= 15 is 0 Å². The van der Waals surface area contributed by atoms with Crippen molar-refractivity contribution < 1.29 is 9.59 Å². The summed E-state index contributed by atoms with van der Waals surface area (Å²) in [5, 5.41) is 0. The standard InChI is InChI=1S/C18H24O2/c1-18(2,3)15-9-10-16(19)14(11-15)12-17(20)13-7-5-4-6-8-13/h4-8,14-15H,9-12H2,1-3H3. The molecule has 0 heterocycles. The maximum Gasteiger partial charge on any atom is 0.163 e. The van der Waals surface area contributed by atoms with Crippen molar-refractivity contribution in [1.82, 2.24) is 0 Å². The van der Waals surface area contributed by atoms with E-state index in [0.29, 0.717) is 18.8 Å². The van der Waals surface area contributed by atoms with Crippen LogP contribution in [-0.2, 0) is 4.79 Å². The van der Waals surface area contributed by atoms with E-state index < -0.39 is 0 Å². The molecule has 1 fully saturated rings. The summed E-state index contributed by atoms with van der Waals surface area (Å²) < 4.78 is 0. The Bertz CT molecular complexity index is 482. The smallest absolute Gasteiger partial charge is 0.163 e. The van der Waals surface area contributed by atoms with Crippen LogP contribution in [0.2, 0.25) is 0 Å². The van der Waals surface area contributed by atoms with E-state index in [0.717, 1.165) is 18.4 Å². The molecule has 108 valence electrons. The van der Waals surface area contributed by atoms with E-state index in [2.05, 4.69) is 20.8 Å². The average molecular weight is 272 g/mol. The lowest BCUT2D eigenvalue weighted by Crippen LogP contribution is -2.33. The van der Waals surface area contributed by atoms with E-state index in [-0.39, 0.29) is 22.9 Å². The molecule has 1 saturated carbocycles. The second kappa shape index (κ2) is 5.90. The van der Waals surface area contributed by atoms with E-state index in [4.69, 9.17) is 0 Å². The summed E-state index contributed by atoms with van der Waals surface area (Å²) in [4.78, 5) is 24.3. The van der Waals surface area contributed by atoms with Gasteiger partial charge in [-0.25, -0.2) is 0 Å². The van der Waals surface area contributed by atoms with E-state index in [1.807, 2.05) is 30.3 Å². The van der Waals surface area contributed by atoms with Crippen molar-refractivity contribution in [3.05, 3.63) is 35.9 Å². The Kier molecular flexibility index (Phi) is 4.42. The molecule has 1 aliphatic rings. The molecule has 0 amide bonds. The summed E-state index contributed by atoms with van der Waals surface area (Å²) in [6.45, 7) is 6.68. The third-order valence-electron chi connectivity index (χ3n) is 4.52. The summed E-state index contributed by atoms with van der Waals surface area (Å²) in [6.07, 6.45) is 2.84. The van der Waals surface area contributed by atoms with Crippen LogP contribution in [0, 0.1) is 17.3 Å². The largest absolute Gasteiger partial charge is 0.299 e. The first-order valence-electron chi connectivity index (χ1n) is 7.49. The van der Waals surface area contributed by atoms with Crippen molar-refractivity contribution in [2.45, 2.75) is 46.5 Å². The molecule has 1 aromatic carbocycles. The number of carbonyl (C=O) groups excluding carboxylic acids is 2. The molecule has 0 spiro atoms. The molecule has 2 unspecified atom stereocenters. The predicted octanol–water partition coefficient (Wildman–Crippen LogP) is 4.29. The van der Waals surface area contributed by atoms with Gasteiger partial charge in [0.2, 0.25) is 0 Å². The van der Waals surface area contributed by atoms with Gasteiger partial charge in [-0.05, 0) is 24.2 Å². The minimum atomic E-state index is -0.0827. The Hall–Kier alpha value is -1.44. The molecule has 0 bridgehead atoms. The van der Waals surface area contributed by atoms with Crippen LogP contribution < -0.4 is 0 Å². The molecule has 2 heteroatoms. The van der Waals surface area contributed by atoms with Crippen molar-refractivity contribution in [1.29, 1.82) is 0 Å². The molecular weight excluding hydrogens is 248 g/mol. The van der Waals surface area contributed by atoms with E-state index in [1.165, 1.54) is 0 Å². The van der Waals surface area contributed by atoms with Crippen LogP contribution in [0.15, 0.2) is 30.3 Å². The molecule has 1 aromatic rings. The molecule has 0 radical (unpaired) electrons. The quantitative estimate of drug-likeness (QED) is 0.769. The number of carbonyl (C=O) groups is 2. The van der Waals surface area contributed by atoms with Crippen LogP contribution in [0.1, 0.15) is 56.8 Å². The number of rotatable bonds is 3. The normalized spacial score (nSPS) is 23.6. The first-order chi connectivity index (χ1) is 9.38. The Morgan fingerprint density at radius 1 is 1.20 bits per heavy atom. The van der Waals surface area contributed by atoms with Crippen molar-refractivity contribution in [2.75, 3.05) is 0 Å². The van der Waals surface area contributed by atoms with Gasteiger partial charge in [-0.2, -0.15) is 0 Å². The second-order valence-electron chi connectivity index (χ2n) is 6.99. The Morgan fingerprint density at radius 3 is 2.45 bits per heavy atom. The van der Waals surface area contributed by atoms with Gasteiger partial charge in [0.1, 0.15) is 5.78 Å². The van der Waals surface area contributed by atoms with Crippen LogP contribution in [0.3, 0.4) is 0 Å². The maximum absolute atomic E-state index is 12.3. The molecule has 2 atom stereocenters. The van der Waals surface area contributed by atoms with Gasteiger partial charge in [0.05, 0.1) is 0 Å². The monoisotopic (exact) mass is 272 g/mol. The topological polar surface area (TPSA) is 34.1 Å². The van der Waals surface area contributed by atoms with E-state index in [9.17, 15) is 9.59 Å². The maximum atomic E-state index is 12.3. The highest BCUT2D eigenvalue weighted by Gasteiger charge is 2.35. The fourth-order valence-electron chi connectivity index (χ4n) is 3.06. The van der Waals surface area contributed by atoms with Gasteiger partial charge in [0, 0.05) is 24.3 Å². The molecule has 20 heavy (non-hydrogen) atoms. The zero-order valence-electron chi connectivity index (χ0n) is 12.7. The van der Waals surface area contributed by atoms with Gasteiger partial charge in [0.25, 0.3) is 0 Å². The summed E-state index contributed by atoms with van der Waals surface area (Å²) >= 11 is 0. The van der Waals surface area contributed by atoms with Crippen LogP contribution >= 0.6 is 0 Å². The zero-order chi connectivity index (χ0) is 14.8. The number of Topliss-reactive ketones (excluding diaryl/α,β-unsaturated/α-hetero) is 2. The molecule has 1 aliphatic carbocycles. The fourth-order valence-corrected chi connectivity index (χ4v) is 3.06. The summed E-state index contributed by atoms with van der Waals surface area (Å²) in [5.74, 6) is 0.822. The van der Waals surface area contributed by atoms with Gasteiger partial charge >= 0.3 is 0 Å². The summed E-state index contributed by atoms with van der Waals surface area (Å²) in [5.41, 5.74) is 0.938. The zero-order valence-corrected chi connectivity index (χ0v) is 12.7. The third kappa shape index (κ3) is 3.56. The Labute approximate surface area is 121 Å². The highest BCUT2D eigenvalue weighted by atomic mass is 16.1. The highest BCUT2D eigenvalue weighted by Crippen LogP contribution is 2.40. The van der Waals surface area contributed by atoms with Crippen LogP contribution in [0.25, 0.3) is 0 Å². The molecule has 0 aromatic heterocycles. The lowest BCUT2D eigenvalue weighted by Gasteiger charge is -2.36. The van der Waals surface area contributed by atoms with Crippen molar-refractivity contribution in [2.24, 2.45) is 17.3 Å². The van der Waals surface area contributed by atoms with Gasteiger partial charge in [-0.1, -0.05) is 51.1 Å². The molecule has 2 nitrogen and oxygen atoms in total. The minimum Gasteiger partial charge on any atom is -0.299 e. The summed E-state index contributed by atoms with van der Waals surface area (Å²) in [6, 6.07) is 9.30. The Morgan fingerprint density at radius 2 is 1.85 bits per heavy atom. The van der Waals surface area contributed by atoms with Crippen LogP contribution in [0.4, 0.5) is 0 Å². The van der Waals surface area contributed by atoms with Crippen molar-refractivity contribution in [3.8, 4) is 0 Å². The molecule has 2 rings (SSSR count). The number of benzene rings is 1. The van der Waals surface area contributed by atoms with Crippen molar-refractivity contribution >= 4 is 11.6 Å². The summed E-state index contributed by atoms with van der Waals surface area (Å²) in [7, 11) is 0. The molecule has 0 N–H and O–H groups in total. The first kappa shape index (κ1) is 15.0. The lowest BCUT2D eigenvalue weighted by molar-refractivity contribution is -0.126. The van der Waals surface area contributed by atoms with E-state index in [1.54, 1.807) is 0 Å². The molecule has 0 aliphatic heterocycles. The SMILES string of the molecule is CC(C)(C)C1CCC(=O)C(CC(=O)c2ccccc2)C1. The van der Waals surface area contributed by atoms with Gasteiger partial charge in [-0.3, -0.25) is 9.59 Å². The van der Waals surface area contributed by atoms with Gasteiger partial charge < -0.3 is 0 Å². The van der Waals surface area contributed by atoms with Gasteiger partial charge in [-0.15, -0.1) is 0 Å². The van der Waals surface area contributed by atoms with Crippen LogP contribution in [0.5, 0.6) is 0 Å². The minimum absolute atomic E-state index is 0.0827. The average Bonchev–Trinajstić information content (AvgIpc) is 2.41. The number of hydrogen-bond acceptors (Lipinski definition) is 2. The fraction of sp³-hybridized carbons (Fsp3) is 0.556. The lowest BCUT2D eigenvalue weighted by atomic mass is 9.67. The highest BCUT2D eigenvalue weighted by molar-refractivity contribution is 5.99. The molecule has 0 saturated heterocycles. The van der Waals surface area contributed by atoms with Crippen molar-refractivity contribution in [3.63, 3.8) is 0 Å². The third-order valence-corrected chi connectivity index (χ3v) is 4.52. The predicted molar refractivity (Wildman–Crippen MR) is 80.7 cm³/mol. The first-order valence-corrected chi connectivity index (χ1v) is 7.49. The second-order valence-corrected chi connectivity index (χ2v) is 6.99. The number of ketones is 2. The number of hydrogen-bond donors (Lipinski definition) is 0. The van der Waals surface area contributed by atoms with Gasteiger partial charge in [0.15, 0.2) is 5.78 Å². The molecular formula is C18H24O2. The van der Waals surface area contributed by atoms with Crippen LogP contribution in [-0.4, -0.2) is 11.6 Å².